The highest BCUT2D eigenvalue weighted by Crippen LogP contribution is 2.29. The monoisotopic (exact) mass is 262 g/mol. The second-order valence-electron chi connectivity index (χ2n) is 5.27. The molecule has 100 valence electrons. The van der Waals surface area contributed by atoms with Crippen molar-refractivity contribution in [3.63, 3.8) is 0 Å². The van der Waals surface area contributed by atoms with Crippen molar-refractivity contribution in [2.75, 3.05) is 0 Å². The van der Waals surface area contributed by atoms with Crippen molar-refractivity contribution < 1.29 is 5.11 Å². The molecule has 0 fully saturated rings. The van der Waals surface area contributed by atoms with Crippen molar-refractivity contribution in [2.24, 2.45) is 0 Å². The number of aryl methyl sites for hydroxylation is 3. The predicted octanol–water partition coefficient (Wildman–Crippen LogP) is 4.64. The first-order valence-corrected chi connectivity index (χ1v) is 6.99. The van der Waals surface area contributed by atoms with E-state index in [1.54, 1.807) is 12.1 Å². The van der Waals surface area contributed by atoms with Crippen LogP contribution in [-0.2, 0) is 12.8 Å². The molecule has 1 nitrogen and oxygen atoms in total. The first-order valence-electron chi connectivity index (χ1n) is 6.99. The minimum Gasteiger partial charge on any atom is -0.508 e. The highest BCUT2D eigenvalue weighted by atomic mass is 16.3. The Balaban J connectivity index is 0.000000133. The SMILES string of the molecule is Cc1ccc(O)cc1.c1cc2c3c(cccc3c1)CC2. The van der Waals surface area contributed by atoms with Crippen LogP contribution in [0.4, 0.5) is 0 Å². The van der Waals surface area contributed by atoms with Gasteiger partial charge in [-0.05, 0) is 53.8 Å². The van der Waals surface area contributed by atoms with E-state index in [4.69, 9.17) is 5.11 Å². The van der Waals surface area contributed by atoms with Gasteiger partial charge in [-0.25, -0.2) is 0 Å². The first kappa shape index (κ1) is 12.7. The van der Waals surface area contributed by atoms with Gasteiger partial charge in [0, 0.05) is 0 Å². The Bertz CT molecular complexity index is 667. The summed E-state index contributed by atoms with van der Waals surface area (Å²) < 4.78 is 0. The van der Waals surface area contributed by atoms with Gasteiger partial charge in [0.05, 0.1) is 0 Å². The Labute approximate surface area is 119 Å². The van der Waals surface area contributed by atoms with Gasteiger partial charge >= 0.3 is 0 Å². The van der Waals surface area contributed by atoms with Crippen LogP contribution in [0.5, 0.6) is 5.75 Å². The molecule has 4 rings (SSSR count). The molecule has 1 N–H and O–H groups in total. The number of phenols is 1. The number of hydrogen-bond donors (Lipinski definition) is 1. The molecule has 0 unspecified atom stereocenters. The van der Waals surface area contributed by atoms with E-state index < -0.39 is 0 Å². The van der Waals surface area contributed by atoms with Crippen molar-refractivity contribution >= 4 is 10.8 Å². The average Bonchev–Trinajstić information content (AvgIpc) is 2.89. The molecule has 0 radical (unpaired) electrons. The molecule has 0 saturated heterocycles. The van der Waals surface area contributed by atoms with Crippen molar-refractivity contribution in [3.05, 3.63) is 77.4 Å². The summed E-state index contributed by atoms with van der Waals surface area (Å²) in [7, 11) is 0. The van der Waals surface area contributed by atoms with E-state index in [1.807, 2.05) is 19.1 Å². The molecule has 1 aliphatic rings. The van der Waals surface area contributed by atoms with Gasteiger partial charge in [0.25, 0.3) is 0 Å². The fraction of sp³-hybridized carbons (Fsp3) is 0.158. The minimum absolute atomic E-state index is 0.329. The molecule has 0 bridgehead atoms. The fourth-order valence-electron chi connectivity index (χ4n) is 2.73. The lowest BCUT2D eigenvalue weighted by molar-refractivity contribution is 0.475. The number of hydrogen-bond acceptors (Lipinski definition) is 1. The lowest BCUT2D eigenvalue weighted by Crippen LogP contribution is -1.76. The van der Waals surface area contributed by atoms with Crippen LogP contribution >= 0.6 is 0 Å². The van der Waals surface area contributed by atoms with Crippen molar-refractivity contribution in [3.8, 4) is 5.75 Å². The van der Waals surface area contributed by atoms with Crippen LogP contribution in [0.3, 0.4) is 0 Å². The third-order valence-electron chi connectivity index (χ3n) is 3.77. The van der Waals surface area contributed by atoms with Crippen LogP contribution in [0, 0.1) is 6.92 Å². The molecule has 0 saturated carbocycles. The second kappa shape index (κ2) is 5.38. The number of benzene rings is 3. The van der Waals surface area contributed by atoms with E-state index in [0.717, 1.165) is 0 Å². The molecule has 1 heteroatoms. The number of aromatic hydroxyl groups is 1. The zero-order valence-electron chi connectivity index (χ0n) is 11.6. The van der Waals surface area contributed by atoms with Gasteiger partial charge in [0.2, 0.25) is 0 Å². The van der Waals surface area contributed by atoms with Gasteiger partial charge < -0.3 is 5.11 Å². The van der Waals surface area contributed by atoms with E-state index in [0.29, 0.717) is 5.75 Å². The van der Waals surface area contributed by atoms with Crippen molar-refractivity contribution in [1.29, 1.82) is 0 Å². The largest absolute Gasteiger partial charge is 0.508 e. The van der Waals surface area contributed by atoms with E-state index in [1.165, 1.54) is 40.3 Å². The number of phenolic OH excluding ortho intramolecular Hbond substituents is 1. The zero-order valence-corrected chi connectivity index (χ0v) is 11.6. The summed E-state index contributed by atoms with van der Waals surface area (Å²) >= 11 is 0. The summed E-state index contributed by atoms with van der Waals surface area (Å²) in [5.41, 5.74) is 4.23. The van der Waals surface area contributed by atoms with Gasteiger partial charge in [-0.3, -0.25) is 0 Å². The molecule has 1 aliphatic carbocycles. The van der Waals surface area contributed by atoms with Crippen LogP contribution < -0.4 is 0 Å². The van der Waals surface area contributed by atoms with E-state index in [-0.39, 0.29) is 0 Å². The summed E-state index contributed by atoms with van der Waals surface area (Å²) in [6.45, 7) is 1.99. The smallest absolute Gasteiger partial charge is 0.115 e. The molecule has 0 spiro atoms. The predicted molar refractivity (Wildman–Crippen MR) is 84.2 cm³/mol. The topological polar surface area (TPSA) is 20.2 Å². The van der Waals surface area contributed by atoms with Crippen molar-refractivity contribution in [1.82, 2.24) is 0 Å². The van der Waals surface area contributed by atoms with Gasteiger partial charge in [0.1, 0.15) is 5.75 Å². The zero-order chi connectivity index (χ0) is 13.9. The Kier molecular flexibility index (Phi) is 3.42. The maximum Gasteiger partial charge on any atom is 0.115 e. The molecule has 20 heavy (non-hydrogen) atoms. The van der Waals surface area contributed by atoms with Gasteiger partial charge in [-0.15, -0.1) is 0 Å². The minimum atomic E-state index is 0.329. The lowest BCUT2D eigenvalue weighted by atomic mass is 10.1. The molecule has 0 atom stereocenters. The normalized spacial score (nSPS) is 12.1. The molecule has 0 aliphatic heterocycles. The van der Waals surface area contributed by atoms with Crippen LogP contribution in [-0.4, -0.2) is 5.11 Å². The standard InChI is InChI=1S/C12H10.C7H8O/c1-3-9-4-2-6-11-8-7-10(5-1)12(9)11;1-6-2-4-7(8)5-3-6/h1-6H,7-8H2;2-5,8H,1H3. The molecule has 0 aromatic heterocycles. The fourth-order valence-corrected chi connectivity index (χ4v) is 2.73. The number of rotatable bonds is 0. The van der Waals surface area contributed by atoms with Crippen LogP contribution in [0.25, 0.3) is 10.8 Å². The first-order chi connectivity index (χ1) is 9.74. The van der Waals surface area contributed by atoms with Crippen molar-refractivity contribution in [2.45, 2.75) is 19.8 Å². The molecule has 3 aromatic rings. The Morgan fingerprint density at radius 2 is 1.30 bits per heavy atom. The highest BCUT2D eigenvalue weighted by molar-refractivity contribution is 5.90. The summed E-state index contributed by atoms with van der Waals surface area (Å²) in [5.74, 6) is 0.329. The Hall–Kier alpha value is -2.28. The molecule has 0 amide bonds. The summed E-state index contributed by atoms with van der Waals surface area (Å²) in [5, 5.41) is 11.7. The third-order valence-corrected chi connectivity index (χ3v) is 3.77. The van der Waals surface area contributed by atoms with Crippen LogP contribution in [0.1, 0.15) is 16.7 Å². The third kappa shape index (κ3) is 2.53. The summed E-state index contributed by atoms with van der Waals surface area (Å²) in [6, 6.07) is 20.3. The highest BCUT2D eigenvalue weighted by Gasteiger charge is 2.11. The van der Waals surface area contributed by atoms with E-state index in [2.05, 4.69) is 36.4 Å². The maximum atomic E-state index is 8.76. The quantitative estimate of drug-likeness (QED) is 0.626. The van der Waals surface area contributed by atoms with Crippen LogP contribution in [0.2, 0.25) is 0 Å². The van der Waals surface area contributed by atoms with Gasteiger partial charge in [-0.1, -0.05) is 54.1 Å². The molecule has 3 aromatic carbocycles. The second-order valence-corrected chi connectivity index (χ2v) is 5.27. The van der Waals surface area contributed by atoms with Gasteiger partial charge in [0.15, 0.2) is 0 Å². The van der Waals surface area contributed by atoms with E-state index >= 15 is 0 Å². The van der Waals surface area contributed by atoms with E-state index in [9.17, 15) is 0 Å². The summed E-state index contributed by atoms with van der Waals surface area (Å²) in [4.78, 5) is 0. The summed E-state index contributed by atoms with van der Waals surface area (Å²) in [6.07, 6.45) is 2.47. The molecular formula is C19H18O. The van der Waals surface area contributed by atoms with Crippen LogP contribution in [0.15, 0.2) is 60.7 Å². The molecule has 0 heterocycles. The maximum absolute atomic E-state index is 8.76. The molecular weight excluding hydrogens is 244 g/mol. The average molecular weight is 262 g/mol. The lowest BCUT2D eigenvalue weighted by Gasteiger charge is -1.99. The Morgan fingerprint density at radius 1 is 0.750 bits per heavy atom. The Morgan fingerprint density at radius 3 is 1.80 bits per heavy atom. The van der Waals surface area contributed by atoms with Gasteiger partial charge in [-0.2, -0.15) is 0 Å².